The maximum Gasteiger partial charge on any atom is 1.00 e. The first kappa shape index (κ1) is 34.4. The molecule has 1 unspecified atom stereocenters. The Kier molecular flexibility index (Phi) is 17.5. The molecule has 0 aliphatic carbocycles. The molecule has 1 aliphatic rings. The molecule has 1 aromatic heterocycles. The molecule has 1 aliphatic heterocycles. The van der Waals surface area contributed by atoms with Crippen LogP contribution < -0.4 is 29.6 Å². The van der Waals surface area contributed by atoms with Gasteiger partial charge in [-0.1, -0.05) is 33.1 Å². The number of hydrogen-bond acceptors (Lipinski definition) is 9. The van der Waals surface area contributed by atoms with Crippen molar-refractivity contribution in [3.63, 3.8) is 0 Å². The van der Waals surface area contributed by atoms with Crippen molar-refractivity contribution >= 4 is 6.09 Å². The molecule has 2 rings (SSSR count). The van der Waals surface area contributed by atoms with E-state index < -0.39 is 18.0 Å². The van der Waals surface area contributed by atoms with Crippen LogP contribution in [0.1, 0.15) is 64.5 Å². The zero-order valence-corrected chi connectivity index (χ0v) is 22.2. The van der Waals surface area contributed by atoms with Gasteiger partial charge in [-0.15, -0.1) is 0 Å². The van der Waals surface area contributed by atoms with Crippen molar-refractivity contribution in [2.45, 2.75) is 77.5 Å². The third-order valence-corrected chi connectivity index (χ3v) is 4.91. The third-order valence-electron chi connectivity index (χ3n) is 4.91. The summed E-state index contributed by atoms with van der Waals surface area (Å²) in [6.07, 6.45) is 4.82. The summed E-state index contributed by atoms with van der Waals surface area (Å²) in [6.45, 7) is 14.4. The van der Waals surface area contributed by atoms with E-state index in [1.165, 1.54) is 4.90 Å². The zero-order valence-electron chi connectivity index (χ0n) is 20.2. The molecular weight excluding hydrogens is 445 g/mol. The first-order valence-corrected chi connectivity index (χ1v) is 10.8. The quantitative estimate of drug-likeness (QED) is 0.138. The average Bonchev–Trinajstić information content (AvgIpc) is 3.40. The second kappa shape index (κ2) is 16.8. The van der Waals surface area contributed by atoms with E-state index in [1.54, 1.807) is 10.9 Å². The summed E-state index contributed by atoms with van der Waals surface area (Å²) in [5.41, 5.74) is 1.02. The van der Waals surface area contributed by atoms with Gasteiger partial charge in [0.05, 0.1) is 0 Å². The van der Waals surface area contributed by atoms with Crippen molar-refractivity contribution in [3.8, 4) is 0 Å². The van der Waals surface area contributed by atoms with Gasteiger partial charge < -0.3 is 54.1 Å². The van der Waals surface area contributed by atoms with Gasteiger partial charge in [-0.3, -0.25) is 0 Å². The van der Waals surface area contributed by atoms with Gasteiger partial charge in [0.1, 0.15) is 6.73 Å². The third kappa shape index (κ3) is 11.0. The van der Waals surface area contributed by atoms with Gasteiger partial charge in [0.25, 0.3) is 0 Å². The van der Waals surface area contributed by atoms with Gasteiger partial charge >= 0.3 is 47.6 Å². The number of aromatic nitrogens is 2. The van der Waals surface area contributed by atoms with Crippen molar-refractivity contribution in [2.24, 2.45) is 5.92 Å². The van der Waals surface area contributed by atoms with E-state index in [2.05, 4.69) is 23.7 Å². The number of ether oxygens (including phenoxy) is 1. The number of carbonyl (C=O) groups is 1. The Bertz CT molecular complexity index is 648. The van der Waals surface area contributed by atoms with Gasteiger partial charge in [-0.25, -0.2) is 9.48 Å². The van der Waals surface area contributed by atoms with Crippen molar-refractivity contribution in [2.75, 3.05) is 13.1 Å². The molecule has 1 atom stereocenters. The normalized spacial score (nSPS) is 15.8. The van der Waals surface area contributed by atoms with E-state index >= 15 is 0 Å². The Labute approximate surface area is 218 Å². The number of hydrogen-bond donors (Lipinski definition) is 6. The topological polar surface area (TPSA) is 169 Å². The number of carbonyl (C=O) groups excluding carboxylic acids is 1. The van der Waals surface area contributed by atoms with E-state index in [4.69, 9.17) is 30.6 Å². The van der Waals surface area contributed by atoms with Crippen LogP contribution in [0.25, 0.3) is 0 Å². The predicted molar refractivity (Wildman–Crippen MR) is 116 cm³/mol. The number of aliphatic hydroxyl groups is 6. The molecule has 0 spiro atoms. The van der Waals surface area contributed by atoms with E-state index in [9.17, 15) is 4.79 Å². The van der Waals surface area contributed by atoms with E-state index in [1.807, 2.05) is 26.8 Å². The van der Waals surface area contributed by atoms with Crippen LogP contribution in [0.5, 0.6) is 0 Å². The monoisotopic (exact) mass is 484 g/mol. The molecule has 33 heavy (non-hydrogen) atoms. The minimum absolute atomic E-state index is 0. The van der Waals surface area contributed by atoms with Crippen LogP contribution in [0, 0.1) is 19.8 Å². The molecule has 1 saturated heterocycles. The molecule has 12 heteroatoms. The summed E-state index contributed by atoms with van der Waals surface area (Å²) >= 11 is 0. The van der Waals surface area contributed by atoms with Gasteiger partial charge in [0, 0.05) is 25.0 Å². The summed E-state index contributed by atoms with van der Waals surface area (Å²) in [5.74, 6) is -7.09. The molecular formula is C21H39N3NaO8-. The van der Waals surface area contributed by atoms with Gasteiger partial charge in [-0.05, 0) is 24.8 Å². The molecule has 1 fully saturated rings. The maximum absolute atomic E-state index is 11.5. The minimum Gasteiger partial charge on any atom is -0.385 e. The van der Waals surface area contributed by atoms with Crippen LogP contribution in [0.3, 0.4) is 0 Å². The fraction of sp³-hybridized carbons (Fsp3) is 0.714. The summed E-state index contributed by atoms with van der Waals surface area (Å²) < 4.78 is 5.63. The molecule has 1 aromatic rings. The summed E-state index contributed by atoms with van der Waals surface area (Å²) in [4.78, 5) is 12.7. The average molecular weight is 485 g/mol. The Morgan fingerprint density at radius 2 is 1.82 bits per heavy atom. The van der Waals surface area contributed by atoms with Crippen LogP contribution >= 0.6 is 0 Å². The zero-order chi connectivity index (χ0) is 24.9. The number of rotatable bonds is 8. The van der Waals surface area contributed by atoms with Crippen LogP contribution in [-0.2, 0) is 11.5 Å². The van der Waals surface area contributed by atoms with Crippen LogP contribution in [0.4, 0.5) is 4.79 Å². The Morgan fingerprint density at radius 1 is 1.24 bits per heavy atom. The molecule has 0 radical (unpaired) electrons. The number of aliphatic hydroxyl groups excluding tert-OH is 1. The summed E-state index contributed by atoms with van der Waals surface area (Å²) in [5, 5.41) is 56.6. The maximum atomic E-state index is 11.5. The van der Waals surface area contributed by atoms with Gasteiger partial charge in [-0.2, -0.15) is 17.9 Å². The van der Waals surface area contributed by atoms with Crippen LogP contribution in [0.15, 0.2) is 12.3 Å². The molecule has 11 nitrogen and oxygen atoms in total. The van der Waals surface area contributed by atoms with Crippen molar-refractivity contribution in [3.05, 3.63) is 31.8 Å². The first-order chi connectivity index (χ1) is 15.0. The molecule has 0 aromatic carbocycles. The molecule has 0 saturated carbocycles. The second-order valence-corrected chi connectivity index (χ2v) is 7.17. The van der Waals surface area contributed by atoms with Crippen molar-refractivity contribution in [1.82, 2.24) is 14.7 Å². The Morgan fingerprint density at radius 3 is 2.27 bits per heavy atom. The van der Waals surface area contributed by atoms with E-state index in [0.717, 1.165) is 37.8 Å². The van der Waals surface area contributed by atoms with Gasteiger partial charge in [0.15, 0.2) is 0 Å². The van der Waals surface area contributed by atoms with Crippen LogP contribution in [0.2, 0.25) is 0 Å². The summed E-state index contributed by atoms with van der Waals surface area (Å²) in [6, 6.07) is 1.90. The molecule has 0 bridgehead atoms. The molecule has 188 valence electrons. The number of likely N-dealkylation sites (tertiary alicyclic amines) is 1. The summed E-state index contributed by atoms with van der Waals surface area (Å²) in [7, 11) is 0. The minimum atomic E-state index is -3.94. The largest absolute Gasteiger partial charge is 1.00 e. The smallest absolute Gasteiger partial charge is 0.385 e. The molecule has 6 N–H and O–H groups in total. The van der Waals surface area contributed by atoms with E-state index in [0.29, 0.717) is 24.9 Å². The fourth-order valence-electron chi connectivity index (χ4n) is 3.15. The molecule has 1 amide bonds. The Balaban J connectivity index is 0. The van der Waals surface area contributed by atoms with E-state index in [-0.39, 0.29) is 36.3 Å². The fourth-order valence-corrected chi connectivity index (χ4v) is 3.15. The first-order valence-electron chi connectivity index (χ1n) is 10.8. The number of amides is 1. The standard InChI is InChI=1S/C10H19NO7.C9H14N2O.C2H6.Na/c1-2-3-7-4-5-11(6-7)8(12)18-10(16,17)9(13,14)15;1-3-8(4-2)9-5-6-10-11(9)7-12;1-2;/h7,13-17H,2-6H2,1H3;5-6,8,12H,1-4,7H2;1-2H3;/q;-2;;+1. The predicted octanol–water partition coefficient (Wildman–Crippen LogP) is -2.09. The van der Waals surface area contributed by atoms with Crippen LogP contribution in [-0.4, -0.2) is 76.4 Å². The van der Waals surface area contributed by atoms with Crippen molar-refractivity contribution < 1.29 is 69.7 Å². The molecule has 2 heterocycles. The van der Waals surface area contributed by atoms with Gasteiger partial charge in [0.2, 0.25) is 0 Å². The second-order valence-electron chi connectivity index (χ2n) is 7.17. The number of nitrogens with zero attached hydrogens (tertiary/aromatic N) is 3. The van der Waals surface area contributed by atoms with Crippen molar-refractivity contribution in [1.29, 1.82) is 0 Å². The Hall–Kier alpha value is -0.760. The SMILES string of the molecule is CC.CCCC1CCN(C(=O)OC(O)(O)C(O)(O)O)C1.[CH2-]CC(C[CH2-])c1ccnn1CO.[Na+].